The van der Waals surface area contributed by atoms with Gasteiger partial charge >= 0.3 is 0 Å². The lowest BCUT2D eigenvalue weighted by atomic mass is 10.2. The number of amides is 1. The Bertz CT molecular complexity index is 764. The zero-order valence-electron chi connectivity index (χ0n) is 13.7. The maximum atomic E-state index is 11.8. The Hall–Kier alpha value is -2.06. The topological polar surface area (TPSA) is 72.0 Å². The first kappa shape index (κ1) is 19.3. The molecule has 2 aromatic carbocycles. The molecule has 0 bridgehead atoms. The number of benzene rings is 2. The fourth-order valence-corrected chi connectivity index (χ4v) is 2.87. The Balaban J connectivity index is 1.90. The van der Waals surface area contributed by atoms with Crippen molar-refractivity contribution in [1.82, 2.24) is 5.43 Å². The number of carbonyl (C=O) groups excluding carboxylic acids is 1. The number of nitrogens with zero attached hydrogens (tertiary/aromatic N) is 1. The Kier molecular flexibility index (Phi) is 7.27. The third kappa shape index (κ3) is 5.75. The second kappa shape index (κ2) is 9.43. The smallest absolute Gasteiger partial charge is 0.259 e. The number of hydrazone groups is 1. The summed E-state index contributed by atoms with van der Waals surface area (Å²) in [4.78, 5) is 11.8. The van der Waals surface area contributed by atoms with Gasteiger partial charge in [0, 0.05) is 10.2 Å². The van der Waals surface area contributed by atoms with E-state index in [0.29, 0.717) is 11.5 Å². The van der Waals surface area contributed by atoms with Crippen LogP contribution in [0, 0.1) is 0 Å². The quantitative estimate of drug-likeness (QED) is 0.477. The fraction of sp³-hybridized carbons (Fsp3) is 0.176. The number of carbonyl (C=O) groups is 1. The van der Waals surface area contributed by atoms with Gasteiger partial charge in [0.15, 0.2) is 11.5 Å². The van der Waals surface area contributed by atoms with E-state index >= 15 is 0 Å². The maximum absolute atomic E-state index is 11.8. The molecule has 1 amide bonds. The van der Waals surface area contributed by atoms with Gasteiger partial charge < -0.3 is 14.8 Å². The third-order valence-corrected chi connectivity index (χ3v) is 4.27. The summed E-state index contributed by atoms with van der Waals surface area (Å²) in [7, 11) is 3.12. The molecule has 0 spiro atoms. The van der Waals surface area contributed by atoms with E-state index in [0.717, 1.165) is 20.2 Å². The molecule has 0 aliphatic carbocycles. The van der Waals surface area contributed by atoms with Crippen molar-refractivity contribution in [2.75, 3.05) is 26.1 Å². The number of halogens is 2. The first-order valence-electron chi connectivity index (χ1n) is 7.26. The number of anilines is 1. The summed E-state index contributed by atoms with van der Waals surface area (Å²) < 4.78 is 12.2. The van der Waals surface area contributed by atoms with E-state index < -0.39 is 0 Å². The predicted octanol–water partition coefficient (Wildman–Crippen LogP) is 3.79. The molecule has 0 radical (unpaired) electrons. The average molecular weight is 471 g/mol. The minimum Gasteiger partial charge on any atom is -0.493 e. The van der Waals surface area contributed by atoms with E-state index in [-0.39, 0.29) is 12.5 Å². The number of hydrogen-bond acceptors (Lipinski definition) is 5. The van der Waals surface area contributed by atoms with Gasteiger partial charge in [0.2, 0.25) is 0 Å². The Labute approximate surface area is 162 Å². The maximum Gasteiger partial charge on any atom is 0.259 e. The molecule has 0 aromatic heterocycles. The van der Waals surface area contributed by atoms with Crippen LogP contribution in [-0.2, 0) is 4.79 Å². The minimum absolute atomic E-state index is 0.120. The molecule has 2 aromatic rings. The van der Waals surface area contributed by atoms with Crippen molar-refractivity contribution in [3.63, 3.8) is 0 Å². The number of ether oxygens (including phenoxy) is 2. The van der Waals surface area contributed by atoms with Gasteiger partial charge in [-0.2, -0.15) is 5.10 Å². The molecule has 0 unspecified atom stereocenters. The number of hydrogen-bond donors (Lipinski definition) is 2. The zero-order chi connectivity index (χ0) is 18.2. The van der Waals surface area contributed by atoms with Gasteiger partial charge in [-0.15, -0.1) is 0 Å². The molecule has 0 aliphatic heterocycles. The summed E-state index contributed by atoms with van der Waals surface area (Å²) in [5.41, 5.74) is 4.08. The second-order valence-electron chi connectivity index (χ2n) is 4.89. The lowest BCUT2D eigenvalue weighted by molar-refractivity contribution is -0.119. The van der Waals surface area contributed by atoms with Crippen molar-refractivity contribution in [2.45, 2.75) is 0 Å². The predicted molar refractivity (Wildman–Crippen MR) is 106 cm³/mol. The molecule has 6 nitrogen and oxygen atoms in total. The molecule has 132 valence electrons. The van der Waals surface area contributed by atoms with Gasteiger partial charge in [-0.05, 0) is 57.9 Å². The van der Waals surface area contributed by atoms with Crippen molar-refractivity contribution < 1.29 is 14.3 Å². The van der Waals surface area contributed by atoms with Crippen molar-refractivity contribution in [3.8, 4) is 11.5 Å². The van der Waals surface area contributed by atoms with Gasteiger partial charge in [0.05, 0.1) is 31.5 Å². The van der Waals surface area contributed by atoms with Crippen LogP contribution in [0.4, 0.5) is 5.69 Å². The van der Waals surface area contributed by atoms with E-state index in [2.05, 4.69) is 47.7 Å². The monoisotopic (exact) mass is 469 g/mol. The van der Waals surface area contributed by atoms with Gasteiger partial charge in [0.1, 0.15) is 0 Å². The number of nitrogens with one attached hydrogen (secondary N) is 2. The molecule has 0 fully saturated rings. The summed E-state index contributed by atoms with van der Waals surface area (Å²) in [5, 5.41) is 6.96. The SMILES string of the molecule is COc1cc(/C=N\NC(=O)CNc2ccc(Br)cc2)cc(Br)c1OC. The molecule has 8 heteroatoms. The second-order valence-corrected chi connectivity index (χ2v) is 6.66. The third-order valence-electron chi connectivity index (χ3n) is 3.16. The van der Waals surface area contributed by atoms with Crippen LogP contribution in [0.2, 0.25) is 0 Å². The van der Waals surface area contributed by atoms with Crippen LogP contribution in [0.5, 0.6) is 11.5 Å². The highest BCUT2D eigenvalue weighted by atomic mass is 79.9. The van der Waals surface area contributed by atoms with Gasteiger partial charge in [-0.3, -0.25) is 4.79 Å². The summed E-state index contributed by atoms with van der Waals surface area (Å²) in [6.45, 7) is 0.120. The summed E-state index contributed by atoms with van der Waals surface area (Å²) >= 11 is 6.77. The summed E-state index contributed by atoms with van der Waals surface area (Å²) in [5.74, 6) is 0.919. The van der Waals surface area contributed by atoms with E-state index in [1.807, 2.05) is 30.3 Å². The molecular weight excluding hydrogens is 454 g/mol. The highest BCUT2D eigenvalue weighted by Gasteiger charge is 2.09. The van der Waals surface area contributed by atoms with Gasteiger partial charge in [-0.1, -0.05) is 15.9 Å². The molecule has 0 aliphatic rings. The largest absolute Gasteiger partial charge is 0.493 e. The number of rotatable bonds is 7. The summed E-state index contributed by atoms with van der Waals surface area (Å²) in [6.07, 6.45) is 1.53. The van der Waals surface area contributed by atoms with Gasteiger partial charge in [0.25, 0.3) is 5.91 Å². The average Bonchev–Trinajstić information content (AvgIpc) is 2.60. The summed E-state index contributed by atoms with van der Waals surface area (Å²) in [6, 6.07) is 11.1. The highest BCUT2D eigenvalue weighted by molar-refractivity contribution is 9.10. The van der Waals surface area contributed by atoms with Crippen molar-refractivity contribution in [2.24, 2.45) is 5.10 Å². The van der Waals surface area contributed by atoms with Crippen LogP contribution in [0.25, 0.3) is 0 Å². The highest BCUT2D eigenvalue weighted by Crippen LogP contribution is 2.35. The standard InChI is InChI=1S/C17H17Br2N3O3/c1-24-15-8-11(7-14(19)17(15)25-2)9-21-22-16(23)10-20-13-5-3-12(18)4-6-13/h3-9,20H,10H2,1-2H3,(H,22,23)/b21-9-. The van der Waals surface area contributed by atoms with Crippen LogP contribution in [0.15, 0.2) is 50.4 Å². The van der Waals surface area contributed by atoms with E-state index in [1.54, 1.807) is 20.3 Å². The van der Waals surface area contributed by atoms with Crippen molar-refractivity contribution in [3.05, 3.63) is 50.9 Å². The normalized spacial score (nSPS) is 10.6. The molecule has 0 saturated carbocycles. The van der Waals surface area contributed by atoms with E-state index in [9.17, 15) is 4.79 Å². The van der Waals surface area contributed by atoms with Crippen LogP contribution in [0.1, 0.15) is 5.56 Å². The Morgan fingerprint density at radius 1 is 1.16 bits per heavy atom. The molecule has 2 N–H and O–H groups in total. The first-order valence-corrected chi connectivity index (χ1v) is 8.85. The first-order chi connectivity index (χ1) is 12.0. The molecule has 0 heterocycles. The van der Waals surface area contributed by atoms with Crippen LogP contribution >= 0.6 is 31.9 Å². The van der Waals surface area contributed by atoms with Gasteiger partial charge in [-0.25, -0.2) is 5.43 Å². The fourth-order valence-electron chi connectivity index (χ4n) is 1.98. The van der Waals surface area contributed by atoms with Crippen LogP contribution in [0.3, 0.4) is 0 Å². The molecule has 25 heavy (non-hydrogen) atoms. The molecule has 0 atom stereocenters. The molecule has 2 rings (SSSR count). The molecule has 0 saturated heterocycles. The van der Waals surface area contributed by atoms with Crippen molar-refractivity contribution in [1.29, 1.82) is 0 Å². The zero-order valence-corrected chi connectivity index (χ0v) is 16.8. The van der Waals surface area contributed by atoms with E-state index in [1.165, 1.54) is 6.21 Å². The molecular formula is C17H17Br2N3O3. The lowest BCUT2D eigenvalue weighted by Crippen LogP contribution is -2.25. The van der Waals surface area contributed by atoms with Crippen molar-refractivity contribution >= 4 is 49.7 Å². The van der Waals surface area contributed by atoms with Crippen LogP contribution < -0.4 is 20.2 Å². The lowest BCUT2D eigenvalue weighted by Gasteiger charge is -2.10. The number of methoxy groups -OCH3 is 2. The Morgan fingerprint density at radius 2 is 1.88 bits per heavy atom. The minimum atomic E-state index is -0.251. The van der Waals surface area contributed by atoms with E-state index in [4.69, 9.17) is 9.47 Å². The van der Waals surface area contributed by atoms with Crippen LogP contribution in [-0.4, -0.2) is 32.9 Å². The Morgan fingerprint density at radius 3 is 2.52 bits per heavy atom.